The summed E-state index contributed by atoms with van der Waals surface area (Å²) in [5, 5.41) is 2.55. The van der Waals surface area contributed by atoms with Gasteiger partial charge in [0.1, 0.15) is 12.3 Å². The molecule has 0 spiro atoms. The van der Waals surface area contributed by atoms with Gasteiger partial charge in [0.25, 0.3) is 5.91 Å². The molecule has 0 radical (unpaired) electrons. The fourth-order valence-corrected chi connectivity index (χ4v) is 2.35. The zero-order valence-electron chi connectivity index (χ0n) is 12.8. The van der Waals surface area contributed by atoms with E-state index in [1.165, 1.54) is 11.9 Å². The van der Waals surface area contributed by atoms with Crippen molar-refractivity contribution in [1.29, 1.82) is 0 Å². The Hall–Kier alpha value is -2.17. The van der Waals surface area contributed by atoms with Crippen molar-refractivity contribution >= 4 is 18.1 Å². The van der Waals surface area contributed by atoms with Crippen molar-refractivity contribution in [3.63, 3.8) is 0 Å². The number of aldehydes is 1. The Kier molecular flexibility index (Phi) is 6.59. The number of likely N-dealkylation sites (N-methyl/N-ethyl adjacent to an activating group) is 1. The van der Waals surface area contributed by atoms with Crippen LogP contribution in [0.15, 0.2) is 24.3 Å². The molecule has 2 rings (SSSR count). The van der Waals surface area contributed by atoms with E-state index in [0.29, 0.717) is 18.5 Å². The zero-order chi connectivity index (χ0) is 15.8. The maximum absolute atomic E-state index is 12.3. The minimum Gasteiger partial charge on any atom is -0.357 e. The van der Waals surface area contributed by atoms with E-state index in [4.69, 9.17) is 0 Å². The Morgan fingerprint density at radius 1 is 1.38 bits per heavy atom. The molecular formula is C16H22N2O3. The van der Waals surface area contributed by atoms with Crippen molar-refractivity contribution in [2.45, 2.75) is 39.3 Å². The van der Waals surface area contributed by atoms with Gasteiger partial charge in [-0.1, -0.05) is 32.0 Å². The monoisotopic (exact) mass is 290 g/mol. The van der Waals surface area contributed by atoms with Gasteiger partial charge in [0.2, 0.25) is 5.91 Å². The van der Waals surface area contributed by atoms with Crippen molar-refractivity contribution in [2.24, 2.45) is 0 Å². The first-order valence-electron chi connectivity index (χ1n) is 7.23. The van der Waals surface area contributed by atoms with Gasteiger partial charge < -0.3 is 15.0 Å². The molecule has 5 nitrogen and oxygen atoms in total. The van der Waals surface area contributed by atoms with Crippen molar-refractivity contribution in [2.75, 3.05) is 7.05 Å². The maximum Gasteiger partial charge on any atom is 0.255 e. The molecule has 0 aromatic heterocycles. The summed E-state index contributed by atoms with van der Waals surface area (Å²) in [6.45, 7) is 4.42. The lowest BCUT2D eigenvalue weighted by atomic mass is 10.1. The number of nitrogens with zero attached hydrogens (tertiary/aromatic N) is 1. The van der Waals surface area contributed by atoms with E-state index < -0.39 is 6.04 Å². The molecule has 0 saturated carbocycles. The standard InChI is InChI=1S/C14H16N2O3.C2H6/c1-15-13(18)12(7-4-8-17)16-9-10-5-2-3-6-11(10)14(16)19;1-2/h2-3,5-6,8,12H,4,7,9H2,1H3,(H,15,18);1-2H3. The average Bonchev–Trinajstić information content (AvgIpc) is 2.87. The molecule has 0 fully saturated rings. The summed E-state index contributed by atoms with van der Waals surface area (Å²) in [7, 11) is 1.53. The minimum absolute atomic E-state index is 0.143. The van der Waals surface area contributed by atoms with Crippen LogP contribution < -0.4 is 5.32 Å². The number of rotatable bonds is 5. The van der Waals surface area contributed by atoms with Crippen molar-refractivity contribution < 1.29 is 14.4 Å². The Labute approximate surface area is 125 Å². The summed E-state index contributed by atoms with van der Waals surface area (Å²) in [4.78, 5) is 36.2. The topological polar surface area (TPSA) is 66.5 Å². The molecule has 1 aliphatic rings. The van der Waals surface area contributed by atoms with Crippen LogP contribution in [0.25, 0.3) is 0 Å². The van der Waals surface area contributed by atoms with Crippen molar-refractivity contribution in [1.82, 2.24) is 10.2 Å². The highest BCUT2D eigenvalue weighted by atomic mass is 16.2. The highest BCUT2D eigenvalue weighted by molar-refractivity contribution is 6.01. The van der Waals surface area contributed by atoms with E-state index in [2.05, 4.69) is 5.32 Å². The molecule has 0 bridgehead atoms. The van der Waals surface area contributed by atoms with Crippen LogP contribution in [0.2, 0.25) is 0 Å². The van der Waals surface area contributed by atoms with E-state index in [-0.39, 0.29) is 18.2 Å². The van der Waals surface area contributed by atoms with Crippen LogP contribution in [0.3, 0.4) is 0 Å². The van der Waals surface area contributed by atoms with Gasteiger partial charge in [-0.25, -0.2) is 0 Å². The first-order chi connectivity index (χ1) is 10.2. The summed E-state index contributed by atoms with van der Waals surface area (Å²) in [6, 6.07) is 6.73. The van der Waals surface area contributed by atoms with Crippen LogP contribution in [-0.4, -0.2) is 36.1 Å². The lowest BCUT2D eigenvalue weighted by molar-refractivity contribution is -0.125. The minimum atomic E-state index is -0.588. The normalized spacial score (nSPS) is 13.9. The van der Waals surface area contributed by atoms with Gasteiger partial charge in [-0.3, -0.25) is 9.59 Å². The second-order valence-electron chi connectivity index (χ2n) is 4.46. The number of carbonyl (C=O) groups is 3. The molecule has 5 heteroatoms. The largest absolute Gasteiger partial charge is 0.357 e. The van der Waals surface area contributed by atoms with Crippen molar-refractivity contribution in [3.05, 3.63) is 35.4 Å². The molecule has 2 amide bonds. The molecule has 1 N–H and O–H groups in total. The van der Waals surface area contributed by atoms with Crippen LogP contribution in [0, 0.1) is 0 Å². The average molecular weight is 290 g/mol. The number of benzene rings is 1. The molecule has 1 aromatic carbocycles. The fourth-order valence-electron chi connectivity index (χ4n) is 2.35. The summed E-state index contributed by atoms with van der Waals surface area (Å²) >= 11 is 0. The van der Waals surface area contributed by atoms with Crippen LogP contribution in [0.1, 0.15) is 42.6 Å². The Morgan fingerprint density at radius 3 is 2.62 bits per heavy atom. The van der Waals surface area contributed by atoms with Crippen LogP contribution in [0.4, 0.5) is 0 Å². The predicted molar refractivity (Wildman–Crippen MR) is 80.8 cm³/mol. The number of amides is 2. The van der Waals surface area contributed by atoms with Gasteiger partial charge in [-0.15, -0.1) is 0 Å². The summed E-state index contributed by atoms with van der Waals surface area (Å²) < 4.78 is 0. The fraction of sp³-hybridized carbons (Fsp3) is 0.438. The smallest absolute Gasteiger partial charge is 0.255 e. The molecular weight excluding hydrogens is 268 g/mol. The first kappa shape index (κ1) is 16.9. The van der Waals surface area contributed by atoms with Crippen LogP contribution in [0.5, 0.6) is 0 Å². The third kappa shape index (κ3) is 3.68. The van der Waals surface area contributed by atoms with E-state index in [9.17, 15) is 14.4 Å². The van der Waals surface area contributed by atoms with E-state index in [1.54, 1.807) is 12.1 Å². The predicted octanol–water partition coefficient (Wildman–Crippen LogP) is 1.76. The number of carbonyl (C=O) groups excluding carboxylic acids is 3. The molecule has 1 aromatic rings. The third-order valence-electron chi connectivity index (χ3n) is 3.33. The second kappa shape index (κ2) is 8.19. The lowest BCUT2D eigenvalue weighted by Crippen LogP contribution is -2.46. The van der Waals surface area contributed by atoms with Gasteiger partial charge >= 0.3 is 0 Å². The SMILES string of the molecule is CC.CNC(=O)C(CCC=O)N1Cc2ccccc2C1=O. The molecule has 1 aliphatic heterocycles. The molecule has 0 saturated heterocycles. The molecule has 1 heterocycles. The van der Waals surface area contributed by atoms with Gasteiger partial charge in [0, 0.05) is 25.6 Å². The highest BCUT2D eigenvalue weighted by Gasteiger charge is 2.35. The molecule has 21 heavy (non-hydrogen) atoms. The summed E-state index contributed by atoms with van der Waals surface area (Å²) in [5.74, 6) is -0.377. The maximum atomic E-state index is 12.3. The number of nitrogens with one attached hydrogen (secondary N) is 1. The van der Waals surface area contributed by atoms with Crippen LogP contribution >= 0.6 is 0 Å². The third-order valence-corrected chi connectivity index (χ3v) is 3.33. The number of fused-ring (bicyclic) bond motifs is 1. The molecule has 0 aliphatic carbocycles. The second-order valence-corrected chi connectivity index (χ2v) is 4.46. The van der Waals surface area contributed by atoms with Gasteiger partial charge in [0.15, 0.2) is 0 Å². The van der Waals surface area contributed by atoms with Gasteiger partial charge in [0.05, 0.1) is 0 Å². The van der Waals surface area contributed by atoms with E-state index in [1.807, 2.05) is 26.0 Å². The highest BCUT2D eigenvalue weighted by Crippen LogP contribution is 2.25. The zero-order valence-corrected chi connectivity index (χ0v) is 12.8. The molecule has 114 valence electrons. The van der Waals surface area contributed by atoms with E-state index >= 15 is 0 Å². The number of hydrogen-bond donors (Lipinski definition) is 1. The van der Waals surface area contributed by atoms with Crippen LogP contribution in [-0.2, 0) is 16.1 Å². The first-order valence-corrected chi connectivity index (χ1v) is 7.23. The molecule has 1 atom stereocenters. The summed E-state index contributed by atoms with van der Waals surface area (Å²) in [6.07, 6.45) is 1.38. The lowest BCUT2D eigenvalue weighted by Gasteiger charge is -2.25. The Morgan fingerprint density at radius 2 is 2.05 bits per heavy atom. The van der Waals surface area contributed by atoms with Crippen molar-refractivity contribution in [3.8, 4) is 0 Å². The number of hydrogen-bond acceptors (Lipinski definition) is 3. The quantitative estimate of drug-likeness (QED) is 0.840. The Bertz CT molecular complexity index is 514. The summed E-state index contributed by atoms with van der Waals surface area (Å²) in [5.41, 5.74) is 1.56. The van der Waals surface area contributed by atoms with Gasteiger partial charge in [-0.2, -0.15) is 0 Å². The van der Waals surface area contributed by atoms with Gasteiger partial charge in [-0.05, 0) is 18.1 Å². The van der Waals surface area contributed by atoms with E-state index in [0.717, 1.165) is 11.8 Å². The molecule has 1 unspecified atom stereocenters. The Balaban J connectivity index is 0.00000106.